The molecule has 1 atom stereocenters. The second-order valence-corrected chi connectivity index (χ2v) is 10.7. The molecule has 0 bridgehead atoms. The second-order valence-electron chi connectivity index (χ2n) is 10.7. The predicted molar refractivity (Wildman–Crippen MR) is 145 cm³/mol. The van der Waals surface area contributed by atoms with Gasteiger partial charge in [0.15, 0.2) is 0 Å². The summed E-state index contributed by atoms with van der Waals surface area (Å²) in [6.07, 6.45) is 7.44. The summed E-state index contributed by atoms with van der Waals surface area (Å²) in [4.78, 5) is 13.0. The Morgan fingerprint density at radius 1 is 0.800 bits per heavy atom. The van der Waals surface area contributed by atoms with Gasteiger partial charge in [0.05, 0.1) is 6.04 Å². The smallest absolute Gasteiger partial charge is 0.223 e. The highest BCUT2D eigenvalue weighted by molar-refractivity contribution is 5.79. The first-order valence-corrected chi connectivity index (χ1v) is 13.2. The van der Waals surface area contributed by atoms with Gasteiger partial charge in [-0.2, -0.15) is 0 Å². The monoisotopic (exact) mass is 468 g/mol. The first-order valence-electron chi connectivity index (χ1n) is 13.2. The van der Waals surface area contributed by atoms with E-state index in [4.69, 9.17) is 0 Å². The van der Waals surface area contributed by atoms with E-state index in [1.807, 2.05) is 6.07 Å². The lowest BCUT2D eigenvalue weighted by atomic mass is 9.88. The topological polar surface area (TPSA) is 41.1 Å². The van der Waals surface area contributed by atoms with E-state index >= 15 is 0 Å². The van der Waals surface area contributed by atoms with Gasteiger partial charge in [-0.3, -0.25) is 4.79 Å². The van der Waals surface area contributed by atoms with Crippen molar-refractivity contribution in [1.82, 2.24) is 10.6 Å². The zero-order valence-corrected chi connectivity index (χ0v) is 21.3. The Labute approximate surface area is 211 Å². The summed E-state index contributed by atoms with van der Waals surface area (Å²) in [5, 5.41) is 7.10. The van der Waals surface area contributed by atoms with Gasteiger partial charge < -0.3 is 10.6 Å². The van der Waals surface area contributed by atoms with Gasteiger partial charge in [-0.15, -0.1) is 0 Å². The maximum Gasteiger partial charge on any atom is 0.223 e. The van der Waals surface area contributed by atoms with Crippen LogP contribution in [0.25, 0.3) is 0 Å². The van der Waals surface area contributed by atoms with Gasteiger partial charge in [0.25, 0.3) is 0 Å². The number of benzene rings is 3. The van der Waals surface area contributed by atoms with Crippen LogP contribution in [0.15, 0.2) is 84.9 Å². The zero-order valence-electron chi connectivity index (χ0n) is 21.3. The van der Waals surface area contributed by atoms with Crippen LogP contribution in [0.3, 0.4) is 0 Å². The van der Waals surface area contributed by atoms with Crippen molar-refractivity contribution >= 4 is 5.91 Å². The lowest BCUT2D eigenvalue weighted by Crippen LogP contribution is -2.40. The molecule has 0 unspecified atom stereocenters. The normalized spacial score (nSPS) is 15.5. The number of carbonyl (C=O) groups excluding carboxylic acids is 1. The number of carbonyl (C=O) groups is 1. The molecule has 0 radical (unpaired) electrons. The van der Waals surface area contributed by atoms with E-state index in [0.717, 1.165) is 32.2 Å². The van der Waals surface area contributed by atoms with Crippen LogP contribution in [0.5, 0.6) is 0 Å². The summed E-state index contributed by atoms with van der Waals surface area (Å²) in [5.74, 6) is 0.391. The molecule has 0 saturated heterocycles. The van der Waals surface area contributed by atoms with Crippen LogP contribution in [0, 0.1) is 5.92 Å². The van der Waals surface area contributed by atoms with Gasteiger partial charge >= 0.3 is 0 Å². The van der Waals surface area contributed by atoms with E-state index < -0.39 is 0 Å². The van der Waals surface area contributed by atoms with Crippen molar-refractivity contribution in [3.05, 3.63) is 107 Å². The van der Waals surface area contributed by atoms with Gasteiger partial charge in [0.1, 0.15) is 0 Å². The Bertz CT molecular complexity index is 1040. The fourth-order valence-electron chi connectivity index (χ4n) is 5.13. The number of hydrogen-bond acceptors (Lipinski definition) is 2. The van der Waals surface area contributed by atoms with Crippen LogP contribution in [-0.4, -0.2) is 11.4 Å². The quantitative estimate of drug-likeness (QED) is 0.344. The van der Waals surface area contributed by atoms with Crippen LogP contribution in [-0.2, 0) is 24.2 Å². The second kappa shape index (κ2) is 12.2. The van der Waals surface area contributed by atoms with E-state index in [0.29, 0.717) is 0 Å². The number of nitrogens with one attached hydrogen (secondary N) is 2. The van der Waals surface area contributed by atoms with E-state index in [2.05, 4.69) is 103 Å². The molecular weight excluding hydrogens is 428 g/mol. The van der Waals surface area contributed by atoms with Crippen LogP contribution >= 0.6 is 0 Å². The molecule has 4 rings (SSSR count). The molecule has 3 heteroatoms. The molecule has 0 aliphatic heterocycles. The summed E-state index contributed by atoms with van der Waals surface area (Å²) in [7, 11) is 0. The van der Waals surface area contributed by atoms with Crippen molar-refractivity contribution in [1.29, 1.82) is 0 Å². The number of rotatable bonds is 10. The molecule has 2 N–H and O–H groups in total. The van der Waals surface area contributed by atoms with Crippen molar-refractivity contribution in [3.63, 3.8) is 0 Å². The molecule has 0 spiro atoms. The van der Waals surface area contributed by atoms with E-state index in [1.54, 1.807) is 0 Å². The maximum atomic E-state index is 13.0. The van der Waals surface area contributed by atoms with Gasteiger partial charge in [-0.05, 0) is 61.8 Å². The fourth-order valence-corrected chi connectivity index (χ4v) is 5.13. The maximum absolute atomic E-state index is 13.0. The average Bonchev–Trinajstić information content (AvgIpc) is 2.89. The molecule has 1 aliphatic rings. The van der Waals surface area contributed by atoms with E-state index in [9.17, 15) is 4.79 Å². The average molecular weight is 469 g/mol. The van der Waals surface area contributed by atoms with Crippen molar-refractivity contribution in [2.75, 3.05) is 0 Å². The molecule has 0 aromatic heterocycles. The van der Waals surface area contributed by atoms with Gasteiger partial charge in [0, 0.05) is 18.0 Å². The first kappa shape index (κ1) is 25.2. The van der Waals surface area contributed by atoms with Crippen molar-refractivity contribution < 1.29 is 4.79 Å². The van der Waals surface area contributed by atoms with Crippen molar-refractivity contribution in [2.24, 2.45) is 5.92 Å². The SMILES string of the molecule is CC(C)(Cc1ccccc1)NCc1ccc(C[C@H](NC(=O)C2CCCCC2)c2ccccc2)cc1. The number of hydrogen-bond donors (Lipinski definition) is 2. The zero-order chi connectivity index (χ0) is 24.5. The largest absolute Gasteiger partial charge is 0.349 e. The highest BCUT2D eigenvalue weighted by Crippen LogP contribution is 2.26. The Hall–Kier alpha value is -2.91. The summed E-state index contributed by atoms with van der Waals surface area (Å²) in [5.41, 5.74) is 5.06. The standard InChI is InChI=1S/C32H40N2O/c1-32(2,23-26-12-6-3-7-13-26)33-24-27-20-18-25(19-21-27)22-30(28-14-8-4-9-15-28)34-31(35)29-16-10-5-11-17-29/h3-4,6-9,12-15,18-21,29-30,33H,5,10-11,16-17,22-24H2,1-2H3,(H,34,35)/t30-/m0/s1. The van der Waals surface area contributed by atoms with Gasteiger partial charge in [-0.1, -0.05) is 104 Å². The molecule has 0 heterocycles. The predicted octanol–water partition coefficient (Wildman–Crippen LogP) is 6.78. The minimum atomic E-state index is -0.000549. The van der Waals surface area contributed by atoms with Gasteiger partial charge in [0.2, 0.25) is 5.91 Å². The molecule has 3 aromatic rings. The summed E-state index contributed by atoms with van der Waals surface area (Å²) >= 11 is 0. The number of amides is 1. The molecule has 35 heavy (non-hydrogen) atoms. The highest BCUT2D eigenvalue weighted by atomic mass is 16.1. The Kier molecular flexibility index (Phi) is 8.76. The highest BCUT2D eigenvalue weighted by Gasteiger charge is 2.24. The minimum Gasteiger partial charge on any atom is -0.349 e. The lowest BCUT2D eigenvalue weighted by Gasteiger charge is -2.27. The molecule has 1 fully saturated rings. The summed E-state index contributed by atoms with van der Waals surface area (Å²) < 4.78 is 0. The third-order valence-electron chi connectivity index (χ3n) is 7.22. The Balaban J connectivity index is 1.36. The van der Waals surface area contributed by atoms with Crippen LogP contribution in [0.4, 0.5) is 0 Å². The molecule has 1 amide bonds. The van der Waals surface area contributed by atoms with Crippen molar-refractivity contribution in [3.8, 4) is 0 Å². The van der Waals surface area contributed by atoms with Crippen molar-refractivity contribution in [2.45, 2.75) is 76.9 Å². The summed E-state index contributed by atoms with van der Waals surface area (Å²) in [6, 6.07) is 29.9. The Morgan fingerprint density at radius 3 is 2.06 bits per heavy atom. The third kappa shape index (κ3) is 7.80. The molecular formula is C32H40N2O. The van der Waals surface area contributed by atoms with Gasteiger partial charge in [-0.25, -0.2) is 0 Å². The van der Waals surface area contributed by atoms with Crippen LogP contribution < -0.4 is 10.6 Å². The van der Waals surface area contributed by atoms with Crippen LogP contribution in [0.1, 0.15) is 74.2 Å². The molecule has 3 aromatic carbocycles. The van der Waals surface area contributed by atoms with Crippen LogP contribution in [0.2, 0.25) is 0 Å². The first-order chi connectivity index (χ1) is 17.0. The summed E-state index contributed by atoms with van der Waals surface area (Å²) in [6.45, 7) is 5.35. The third-order valence-corrected chi connectivity index (χ3v) is 7.22. The molecule has 3 nitrogen and oxygen atoms in total. The Morgan fingerprint density at radius 2 is 1.40 bits per heavy atom. The molecule has 184 valence electrons. The molecule has 1 saturated carbocycles. The van der Waals surface area contributed by atoms with E-state index in [1.165, 1.54) is 41.5 Å². The van der Waals surface area contributed by atoms with E-state index in [-0.39, 0.29) is 23.4 Å². The molecule has 1 aliphatic carbocycles. The minimum absolute atomic E-state index is 0.000549. The lowest BCUT2D eigenvalue weighted by molar-refractivity contribution is -0.126. The fraction of sp³-hybridized carbons (Fsp3) is 0.406.